The predicted octanol–water partition coefficient (Wildman–Crippen LogP) is -1.36. The van der Waals surface area contributed by atoms with Gasteiger partial charge < -0.3 is 20.6 Å². The van der Waals surface area contributed by atoms with Gasteiger partial charge in [0.25, 0.3) is 0 Å². The van der Waals surface area contributed by atoms with E-state index in [9.17, 15) is 14.4 Å². The summed E-state index contributed by atoms with van der Waals surface area (Å²) >= 11 is 0. The fourth-order valence-electron chi connectivity index (χ4n) is 1.48. The van der Waals surface area contributed by atoms with E-state index in [0.29, 0.717) is 12.2 Å². The quantitative estimate of drug-likeness (QED) is 0.570. The van der Waals surface area contributed by atoms with Gasteiger partial charge in [-0.3, -0.25) is 9.59 Å². The van der Waals surface area contributed by atoms with E-state index >= 15 is 0 Å². The molecule has 1 aromatic rings. The van der Waals surface area contributed by atoms with Crippen LogP contribution in [-0.2, 0) is 22.7 Å². The van der Waals surface area contributed by atoms with E-state index in [1.54, 1.807) is 6.92 Å². The number of amides is 3. The van der Waals surface area contributed by atoms with Crippen molar-refractivity contribution < 1.29 is 19.5 Å². The lowest BCUT2D eigenvalue weighted by Gasteiger charge is -2.16. The van der Waals surface area contributed by atoms with Crippen LogP contribution in [0.5, 0.6) is 0 Å². The van der Waals surface area contributed by atoms with Gasteiger partial charge in [0, 0.05) is 13.6 Å². The van der Waals surface area contributed by atoms with Gasteiger partial charge in [-0.05, 0) is 6.92 Å². The first-order valence-corrected chi connectivity index (χ1v) is 6.28. The molecular formula is C11H18N6O4. The number of carbonyl (C=O) groups is 3. The summed E-state index contributed by atoms with van der Waals surface area (Å²) in [6.07, 6.45) is 1.43. The van der Waals surface area contributed by atoms with Crippen molar-refractivity contribution in [2.24, 2.45) is 0 Å². The number of rotatable bonds is 7. The van der Waals surface area contributed by atoms with Crippen LogP contribution >= 0.6 is 0 Å². The molecule has 1 rings (SSSR count). The largest absolute Gasteiger partial charge is 0.480 e. The molecule has 0 radical (unpaired) electrons. The van der Waals surface area contributed by atoms with Crippen LogP contribution in [0.2, 0.25) is 0 Å². The van der Waals surface area contributed by atoms with Crippen LogP contribution in [-0.4, -0.2) is 63.0 Å². The Morgan fingerprint density at radius 2 is 2.10 bits per heavy atom. The number of carbonyl (C=O) groups excluding carboxylic acids is 2. The summed E-state index contributed by atoms with van der Waals surface area (Å²) in [6, 6.07) is -0.436. The highest BCUT2D eigenvalue weighted by atomic mass is 16.4. The van der Waals surface area contributed by atoms with E-state index < -0.39 is 12.0 Å². The van der Waals surface area contributed by atoms with E-state index in [1.165, 1.54) is 18.1 Å². The Morgan fingerprint density at radius 1 is 1.38 bits per heavy atom. The third-order valence-electron chi connectivity index (χ3n) is 2.41. The Kier molecular flexibility index (Phi) is 6.11. The van der Waals surface area contributed by atoms with Crippen LogP contribution in [0.25, 0.3) is 0 Å². The number of hydrogen-bond donors (Lipinski definition) is 3. The molecule has 1 heterocycles. The van der Waals surface area contributed by atoms with Crippen molar-refractivity contribution in [1.29, 1.82) is 0 Å². The Balaban J connectivity index is 2.40. The Labute approximate surface area is 121 Å². The third-order valence-corrected chi connectivity index (χ3v) is 2.41. The van der Waals surface area contributed by atoms with Gasteiger partial charge in [0.15, 0.2) is 0 Å². The summed E-state index contributed by atoms with van der Waals surface area (Å²) in [5.41, 5.74) is 0.427. The van der Waals surface area contributed by atoms with Crippen molar-refractivity contribution in [3.63, 3.8) is 0 Å². The maximum Gasteiger partial charge on any atom is 0.325 e. The van der Waals surface area contributed by atoms with Crippen LogP contribution in [0, 0.1) is 0 Å². The van der Waals surface area contributed by atoms with Crippen LogP contribution < -0.4 is 10.6 Å². The normalized spacial score (nSPS) is 10.0. The highest BCUT2D eigenvalue weighted by molar-refractivity contribution is 5.83. The highest BCUT2D eigenvalue weighted by Crippen LogP contribution is 1.94. The predicted molar refractivity (Wildman–Crippen MR) is 71.2 cm³/mol. The van der Waals surface area contributed by atoms with Crippen molar-refractivity contribution in [3.8, 4) is 0 Å². The average Bonchev–Trinajstić information content (AvgIpc) is 2.82. The summed E-state index contributed by atoms with van der Waals surface area (Å²) in [4.78, 5) is 34.8. The summed E-state index contributed by atoms with van der Waals surface area (Å²) in [6.45, 7) is 2.04. The molecule has 0 bridgehead atoms. The van der Waals surface area contributed by atoms with Crippen molar-refractivity contribution in [2.45, 2.75) is 20.0 Å². The molecule has 116 valence electrons. The van der Waals surface area contributed by atoms with E-state index in [4.69, 9.17) is 5.11 Å². The van der Waals surface area contributed by atoms with E-state index in [0.717, 1.165) is 4.68 Å². The molecule has 0 saturated carbocycles. The molecule has 1 aromatic heterocycles. The van der Waals surface area contributed by atoms with Gasteiger partial charge in [0.1, 0.15) is 18.8 Å². The maximum atomic E-state index is 11.7. The minimum atomic E-state index is -1.03. The second kappa shape index (κ2) is 7.82. The van der Waals surface area contributed by atoms with Gasteiger partial charge in [-0.15, -0.1) is 5.10 Å². The molecule has 0 aliphatic rings. The third kappa shape index (κ3) is 5.89. The SMILES string of the molecule is CCNC(=O)CN(C)C(=O)NCc1cn(CC(=O)O)nn1. The van der Waals surface area contributed by atoms with Gasteiger partial charge in [-0.1, -0.05) is 5.21 Å². The average molecular weight is 298 g/mol. The summed E-state index contributed by atoms with van der Waals surface area (Å²) < 4.78 is 1.15. The molecule has 0 unspecified atom stereocenters. The van der Waals surface area contributed by atoms with Gasteiger partial charge in [0.2, 0.25) is 5.91 Å². The zero-order chi connectivity index (χ0) is 15.8. The Hall–Kier alpha value is -2.65. The van der Waals surface area contributed by atoms with Crippen LogP contribution in [0.4, 0.5) is 4.79 Å². The number of likely N-dealkylation sites (N-methyl/N-ethyl adjacent to an activating group) is 2. The maximum absolute atomic E-state index is 11.7. The zero-order valence-electron chi connectivity index (χ0n) is 11.9. The number of nitrogens with one attached hydrogen (secondary N) is 2. The molecule has 3 amide bonds. The Morgan fingerprint density at radius 3 is 2.71 bits per heavy atom. The van der Waals surface area contributed by atoms with Crippen molar-refractivity contribution in [3.05, 3.63) is 11.9 Å². The molecule has 0 aromatic carbocycles. The van der Waals surface area contributed by atoms with Gasteiger partial charge in [-0.2, -0.15) is 0 Å². The van der Waals surface area contributed by atoms with E-state index in [-0.39, 0.29) is 25.5 Å². The molecule has 0 saturated heterocycles. The molecule has 0 spiro atoms. The summed E-state index contributed by atoms with van der Waals surface area (Å²) in [7, 11) is 1.49. The van der Waals surface area contributed by atoms with Crippen LogP contribution in [0.1, 0.15) is 12.6 Å². The number of carboxylic acids is 1. The zero-order valence-corrected chi connectivity index (χ0v) is 11.9. The first-order chi connectivity index (χ1) is 9.92. The lowest BCUT2D eigenvalue weighted by Crippen LogP contribution is -2.43. The number of aromatic nitrogens is 3. The molecule has 0 aliphatic heterocycles. The van der Waals surface area contributed by atoms with Crippen molar-refractivity contribution in [2.75, 3.05) is 20.1 Å². The number of aliphatic carboxylic acids is 1. The highest BCUT2D eigenvalue weighted by Gasteiger charge is 2.12. The van der Waals surface area contributed by atoms with Crippen LogP contribution in [0.15, 0.2) is 6.20 Å². The minimum absolute atomic E-state index is 0.0502. The standard InChI is InChI=1S/C11H18N6O4/c1-3-12-9(18)6-16(2)11(21)13-4-8-5-17(15-14-8)7-10(19)20/h5H,3-4,6-7H2,1-2H3,(H,12,18)(H,13,21)(H,19,20). The molecule has 3 N–H and O–H groups in total. The van der Waals surface area contributed by atoms with Gasteiger partial charge in [-0.25, -0.2) is 9.48 Å². The molecule has 0 aliphatic carbocycles. The first kappa shape index (κ1) is 16.4. The lowest BCUT2D eigenvalue weighted by atomic mass is 10.4. The van der Waals surface area contributed by atoms with E-state index in [1.807, 2.05) is 0 Å². The monoisotopic (exact) mass is 298 g/mol. The van der Waals surface area contributed by atoms with Crippen LogP contribution in [0.3, 0.4) is 0 Å². The number of carboxylic acid groups (broad SMARTS) is 1. The molecular weight excluding hydrogens is 280 g/mol. The fourth-order valence-corrected chi connectivity index (χ4v) is 1.48. The topological polar surface area (TPSA) is 129 Å². The fraction of sp³-hybridized carbons (Fsp3) is 0.545. The number of hydrogen-bond acceptors (Lipinski definition) is 5. The molecule has 0 fully saturated rings. The second-order valence-corrected chi connectivity index (χ2v) is 4.27. The first-order valence-electron chi connectivity index (χ1n) is 6.28. The van der Waals surface area contributed by atoms with E-state index in [2.05, 4.69) is 20.9 Å². The van der Waals surface area contributed by atoms with Gasteiger partial charge >= 0.3 is 12.0 Å². The summed E-state index contributed by atoms with van der Waals surface area (Å²) in [5.74, 6) is -1.28. The Bertz CT molecular complexity index is 515. The number of nitrogens with zero attached hydrogens (tertiary/aromatic N) is 4. The van der Waals surface area contributed by atoms with Gasteiger partial charge in [0.05, 0.1) is 12.7 Å². The number of urea groups is 1. The summed E-state index contributed by atoms with van der Waals surface area (Å²) in [5, 5.41) is 21.1. The second-order valence-electron chi connectivity index (χ2n) is 4.27. The smallest absolute Gasteiger partial charge is 0.325 e. The minimum Gasteiger partial charge on any atom is -0.480 e. The lowest BCUT2D eigenvalue weighted by molar-refractivity contribution is -0.137. The molecule has 10 heteroatoms. The van der Waals surface area contributed by atoms with Crippen molar-refractivity contribution >= 4 is 17.9 Å². The molecule has 21 heavy (non-hydrogen) atoms. The molecule has 0 atom stereocenters. The van der Waals surface area contributed by atoms with Crippen molar-refractivity contribution in [1.82, 2.24) is 30.5 Å². The molecule has 10 nitrogen and oxygen atoms in total.